The van der Waals surface area contributed by atoms with E-state index in [9.17, 15) is 0 Å². The van der Waals surface area contributed by atoms with E-state index in [1.54, 1.807) is 0 Å². The summed E-state index contributed by atoms with van der Waals surface area (Å²) in [4.78, 5) is 0. The summed E-state index contributed by atoms with van der Waals surface area (Å²) < 4.78 is 5.83. The Hall–Kier alpha value is -1.93. The number of halogens is 1. The van der Waals surface area contributed by atoms with E-state index in [-0.39, 0.29) is 0 Å². The number of benzene rings is 2. The number of furan rings is 1. The molecule has 0 aliphatic carbocycles. The van der Waals surface area contributed by atoms with Gasteiger partial charge >= 0.3 is 0 Å². The Morgan fingerprint density at radius 3 is 2.67 bits per heavy atom. The highest BCUT2D eigenvalue weighted by Gasteiger charge is 2.11. The Balaban J connectivity index is 2.26. The van der Waals surface area contributed by atoms with Crippen LogP contribution in [-0.4, -0.2) is 0 Å². The number of nitrogens with two attached hydrogens (primary N) is 1. The first kappa shape index (κ1) is 11.2. The second-order valence-corrected chi connectivity index (χ2v) is 4.70. The van der Waals surface area contributed by atoms with Crippen molar-refractivity contribution in [2.75, 3.05) is 5.73 Å². The van der Waals surface area contributed by atoms with E-state index in [0.29, 0.717) is 5.02 Å². The molecule has 0 aliphatic heterocycles. The molecule has 0 unspecified atom stereocenters. The van der Waals surface area contributed by atoms with E-state index < -0.39 is 0 Å². The lowest BCUT2D eigenvalue weighted by molar-refractivity contribution is 0.631. The standard InChI is InChI=1S/C15H12ClNO/c1-9-11(5-3-7-13(9)17)14-8-10-4-2-6-12(16)15(10)18-14/h2-8H,17H2,1H3. The van der Waals surface area contributed by atoms with E-state index in [2.05, 4.69) is 0 Å². The molecular formula is C15H12ClNO. The predicted molar refractivity (Wildman–Crippen MR) is 75.8 cm³/mol. The molecular weight excluding hydrogens is 246 g/mol. The zero-order chi connectivity index (χ0) is 12.7. The molecule has 1 heterocycles. The minimum absolute atomic E-state index is 0.625. The van der Waals surface area contributed by atoms with Gasteiger partial charge in [0, 0.05) is 16.6 Å². The molecule has 0 spiro atoms. The molecule has 0 radical (unpaired) electrons. The summed E-state index contributed by atoms with van der Waals surface area (Å²) in [7, 11) is 0. The minimum atomic E-state index is 0.625. The van der Waals surface area contributed by atoms with Crippen molar-refractivity contribution >= 4 is 28.3 Å². The Morgan fingerprint density at radius 2 is 1.89 bits per heavy atom. The van der Waals surface area contributed by atoms with E-state index in [1.807, 2.05) is 49.4 Å². The first-order chi connectivity index (χ1) is 8.66. The van der Waals surface area contributed by atoms with Gasteiger partial charge in [0.05, 0.1) is 5.02 Å². The lowest BCUT2D eigenvalue weighted by Gasteiger charge is -2.04. The maximum Gasteiger partial charge on any atom is 0.153 e. The molecule has 3 aromatic rings. The van der Waals surface area contributed by atoms with Gasteiger partial charge in [0.15, 0.2) is 5.58 Å². The summed E-state index contributed by atoms with van der Waals surface area (Å²) in [5.41, 5.74) is 9.42. The normalized spacial score (nSPS) is 11.0. The van der Waals surface area contributed by atoms with Crippen LogP contribution in [0, 0.1) is 6.92 Å². The summed E-state index contributed by atoms with van der Waals surface area (Å²) in [5, 5.41) is 1.62. The fraction of sp³-hybridized carbons (Fsp3) is 0.0667. The van der Waals surface area contributed by atoms with Crippen LogP contribution in [0.3, 0.4) is 0 Å². The highest BCUT2D eigenvalue weighted by atomic mass is 35.5. The predicted octanol–water partition coefficient (Wildman–Crippen LogP) is 4.64. The number of nitrogen functional groups attached to an aromatic ring is 1. The lowest BCUT2D eigenvalue weighted by atomic mass is 10.0. The molecule has 0 bridgehead atoms. The number of rotatable bonds is 1. The molecule has 0 saturated heterocycles. The second kappa shape index (κ2) is 4.07. The van der Waals surface area contributed by atoms with E-state index in [1.165, 1.54) is 0 Å². The van der Waals surface area contributed by atoms with Crippen LogP contribution in [0.4, 0.5) is 5.69 Å². The first-order valence-electron chi connectivity index (χ1n) is 5.70. The van der Waals surface area contributed by atoms with Gasteiger partial charge in [-0.1, -0.05) is 35.9 Å². The number of fused-ring (bicyclic) bond motifs is 1. The van der Waals surface area contributed by atoms with Crippen LogP contribution in [0.25, 0.3) is 22.3 Å². The molecule has 0 amide bonds. The number of para-hydroxylation sites is 1. The molecule has 90 valence electrons. The maximum absolute atomic E-state index is 6.11. The number of hydrogen-bond acceptors (Lipinski definition) is 2. The molecule has 0 atom stereocenters. The third-order valence-corrected chi connectivity index (χ3v) is 3.43. The largest absolute Gasteiger partial charge is 0.455 e. The van der Waals surface area contributed by atoms with Crippen molar-refractivity contribution in [1.29, 1.82) is 0 Å². The van der Waals surface area contributed by atoms with Crippen LogP contribution in [-0.2, 0) is 0 Å². The number of anilines is 1. The molecule has 0 saturated carbocycles. The first-order valence-corrected chi connectivity index (χ1v) is 6.08. The van der Waals surface area contributed by atoms with Crippen molar-refractivity contribution < 1.29 is 4.42 Å². The van der Waals surface area contributed by atoms with Gasteiger partial charge in [0.25, 0.3) is 0 Å². The SMILES string of the molecule is Cc1c(N)cccc1-c1cc2cccc(Cl)c2o1. The van der Waals surface area contributed by atoms with Crippen LogP contribution in [0.1, 0.15) is 5.56 Å². The quantitative estimate of drug-likeness (QED) is 0.645. The van der Waals surface area contributed by atoms with Gasteiger partial charge in [0.1, 0.15) is 5.76 Å². The summed E-state index contributed by atoms with van der Waals surface area (Å²) in [5.74, 6) is 0.794. The average Bonchev–Trinajstić information content (AvgIpc) is 2.78. The molecule has 2 nitrogen and oxygen atoms in total. The molecule has 1 aromatic heterocycles. The zero-order valence-electron chi connectivity index (χ0n) is 9.91. The van der Waals surface area contributed by atoms with Crippen molar-refractivity contribution in [3.05, 3.63) is 53.1 Å². The van der Waals surface area contributed by atoms with Gasteiger partial charge in [-0.15, -0.1) is 0 Å². The summed E-state index contributed by atoms with van der Waals surface area (Å²) >= 11 is 6.11. The van der Waals surface area contributed by atoms with Gasteiger partial charge in [-0.2, -0.15) is 0 Å². The van der Waals surface area contributed by atoms with Gasteiger partial charge in [-0.05, 0) is 30.7 Å². The highest BCUT2D eigenvalue weighted by Crippen LogP contribution is 2.34. The van der Waals surface area contributed by atoms with Crippen molar-refractivity contribution in [2.24, 2.45) is 0 Å². The molecule has 2 N–H and O–H groups in total. The van der Waals surface area contributed by atoms with E-state index >= 15 is 0 Å². The van der Waals surface area contributed by atoms with Crippen LogP contribution in [0.2, 0.25) is 5.02 Å². The van der Waals surface area contributed by atoms with Crippen molar-refractivity contribution in [2.45, 2.75) is 6.92 Å². The van der Waals surface area contributed by atoms with E-state index in [0.717, 1.165) is 33.5 Å². The van der Waals surface area contributed by atoms with Crippen LogP contribution in [0.5, 0.6) is 0 Å². The van der Waals surface area contributed by atoms with Gasteiger partial charge in [-0.3, -0.25) is 0 Å². The average molecular weight is 258 g/mol. The Labute approximate surface area is 110 Å². The third-order valence-electron chi connectivity index (χ3n) is 3.14. The molecule has 3 heteroatoms. The van der Waals surface area contributed by atoms with Gasteiger partial charge in [-0.25, -0.2) is 0 Å². The molecule has 0 aliphatic rings. The Bertz CT molecular complexity index is 730. The van der Waals surface area contributed by atoms with Crippen LogP contribution in [0.15, 0.2) is 46.9 Å². The molecule has 2 aromatic carbocycles. The summed E-state index contributed by atoms with van der Waals surface area (Å²) in [6.07, 6.45) is 0. The van der Waals surface area contributed by atoms with Crippen LogP contribution >= 0.6 is 11.6 Å². The van der Waals surface area contributed by atoms with Crippen molar-refractivity contribution in [3.8, 4) is 11.3 Å². The molecule has 18 heavy (non-hydrogen) atoms. The van der Waals surface area contributed by atoms with Gasteiger partial charge < -0.3 is 10.2 Å². The summed E-state index contributed by atoms with van der Waals surface area (Å²) in [6, 6.07) is 13.5. The molecule has 0 fully saturated rings. The Kier molecular flexibility index (Phi) is 2.53. The molecule has 3 rings (SSSR count). The topological polar surface area (TPSA) is 39.2 Å². The maximum atomic E-state index is 6.11. The minimum Gasteiger partial charge on any atom is -0.455 e. The van der Waals surface area contributed by atoms with Crippen LogP contribution < -0.4 is 5.73 Å². The second-order valence-electron chi connectivity index (χ2n) is 4.29. The lowest BCUT2D eigenvalue weighted by Crippen LogP contribution is -1.90. The fourth-order valence-corrected chi connectivity index (χ4v) is 2.30. The fourth-order valence-electron chi connectivity index (χ4n) is 2.08. The van der Waals surface area contributed by atoms with E-state index in [4.69, 9.17) is 21.8 Å². The zero-order valence-corrected chi connectivity index (χ0v) is 10.7. The third kappa shape index (κ3) is 1.66. The smallest absolute Gasteiger partial charge is 0.153 e. The summed E-state index contributed by atoms with van der Waals surface area (Å²) in [6.45, 7) is 1.99. The highest BCUT2D eigenvalue weighted by molar-refractivity contribution is 6.34. The van der Waals surface area contributed by atoms with Gasteiger partial charge in [0.2, 0.25) is 0 Å². The Morgan fingerprint density at radius 1 is 1.11 bits per heavy atom. The van der Waals surface area contributed by atoms with Crippen molar-refractivity contribution in [1.82, 2.24) is 0 Å². The monoisotopic (exact) mass is 257 g/mol. The van der Waals surface area contributed by atoms with Crippen molar-refractivity contribution in [3.63, 3.8) is 0 Å². The number of hydrogen-bond donors (Lipinski definition) is 1.